The van der Waals surface area contributed by atoms with E-state index in [2.05, 4.69) is 45.2 Å². The molecule has 0 aliphatic rings. The van der Waals surface area contributed by atoms with Crippen LogP contribution in [0.15, 0.2) is 36.4 Å². The number of nitrogens with zero attached hydrogens (tertiary/aromatic N) is 1. The molecule has 1 aromatic carbocycles. The summed E-state index contributed by atoms with van der Waals surface area (Å²) in [5, 5.41) is 2.87. The lowest BCUT2D eigenvalue weighted by Crippen LogP contribution is -2.15. The van der Waals surface area contributed by atoms with E-state index in [1.807, 2.05) is 24.3 Å². The first-order chi connectivity index (χ1) is 10.1. The SMILES string of the molecule is CCCc1cc(C(=O)Nc2ccc(I)cc2)cc(NN)n1. The number of aromatic nitrogens is 1. The van der Waals surface area contributed by atoms with Crippen molar-refractivity contribution in [3.63, 3.8) is 0 Å². The third-order valence-corrected chi connectivity index (χ3v) is 3.62. The van der Waals surface area contributed by atoms with Gasteiger partial charge in [-0.25, -0.2) is 10.8 Å². The van der Waals surface area contributed by atoms with Crippen LogP contribution in [0.1, 0.15) is 29.4 Å². The van der Waals surface area contributed by atoms with Gasteiger partial charge in [0.1, 0.15) is 5.82 Å². The fourth-order valence-corrected chi connectivity index (χ4v) is 2.27. The summed E-state index contributed by atoms with van der Waals surface area (Å²) in [5.41, 5.74) is 4.65. The first-order valence-corrected chi connectivity index (χ1v) is 7.74. The standard InChI is InChI=1S/C15H17IN4O/c1-2-3-13-8-10(9-14(18-13)20-17)15(21)19-12-6-4-11(16)5-7-12/h4-9H,2-3,17H2,1H3,(H,18,20)(H,19,21). The zero-order chi connectivity index (χ0) is 15.2. The first-order valence-electron chi connectivity index (χ1n) is 6.67. The number of aryl methyl sites for hydroxylation is 1. The number of carbonyl (C=O) groups excluding carboxylic acids is 1. The molecule has 0 aliphatic heterocycles. The van der Waals surface area contributed by atoms with Crippen LogP contribution < -0.4 is 16.6 Å². The quantitative estimate of drug-likeness (QED) is 0.412. The Balaban J connectivity index is 2.21. The lowest BCUT2D eigenvalue weighted by atomic mass is 10.1. The van der Waals surface area contributed by atoms with E-state index in [-0.39, 0.29) is 5.91 Å². The molecule has 2 aromatic rings. The van der Waals surface area contributed by atoms with Gasteiger partial charge < -0.3 is 10.7 Å². The minimum atomic E-state index is -0.174. The van der Waals surface area contributed by atoms with E-state index in [4.69, 9.17) is 5.84 Å². The Hall–Kier alpha value is -1.67. The Morgan fingerprint density at radius 3 is 2.62 bits per heavy atom. The molecule has 4 N–H and O–H groups in total. The molecule has 6 heteroatoms. The maximum atomic E-state index is 12.3. The second-order valence-electron chi connectivity index (χ2n) is 4.59. The fraction of sp³-hybridized carbons (Fsp3) is 0.200. The summed E-state index contributed by atoms with van der Waals surface area (Å²) in [5.74, 6) is 5.73. The van der Waals surface area contributed by atoms with Crippen LogP contribution in [0.3, 0.4) is 0 Å². The van der Waals surface area contributed by atoms with Crippen molar-refractivity contribution in [2.75, 3.05) is 10.7 Å². The first kappa shape index (κ1) is 15.7. The van der Waals surface area contributed by atoms with Crippen molar-refractivity contribution in [3.8, 4) is 0 Å². The molecule has 0 spiro atoms. The highest BCUT2D eigenvalue weighted by molar-refractivity contribution is 14.1. The number of amides is 1. The van der Waals surface area contributed by atoms with Crippen LogP contribution in [-0.2, 0) is 6.42 Å². The third kappa shape index (κ3) is 4.40. The van der Waals surface area contributed by atoms with Gasteiger partial charge in [0.2, 0.25) is 0 Å². The smallest absolute Gasteiger partial charge is 0.255 e. The Bertz CT molecular complexity index is 628. The van der Waals surface area contributed by atoms with Gasteiger partial charge >= 0.3 is 0 Å². The average molecular weight is 396 g/mol. The summed E-state index contributed by atoms with van der Waals surface area (Å²) in [6, 6.07) is 11.1. The van der Waals surface area contributed by atoms with Crippen molar-refractivity contribution < 1.29 is 4.79 Å². The monoisotopic (exact) mass is 396 g/mol. The molecule has 1 aromatic heterocycles. The van der Waals surface area contributed by atoms with Crippen molar-refractivity contribution in [2.24, 2.45) is 5.84 Å². The normalized spacial score (nSPS) is 10.2. The predicted octanol–water partition coefficient (Wildman–Crippen LogP) is 3.18. The number of hydrogen-bond acceptors (Lipinski definition) is 4. The number of anilines is 2. The number of nitrogen functional groups attached to an aromatic ring is 1. The summed E-state index contributed by atoms with van der Waals surface area (Å²) in [7, 11) is 0. The lowest BCUT2D eigenvalue weighted by molar-refractivity contribution is 0.102. The van der Waals surface area contributed by atoms with Crippen molar-refractivity contribution in [1.82, 2.24) is 4.98 Å². The van der Waals surface area contributed by atoms with Crippen LogP contribution in [0.5, 0.6) is 0 Å². The molecule has 0 saturated carbocycles. The molecule has 0 radical (unpaired) electrons. The number of hydrazine groups is 1. The summed E-state index contributed by atoms with van der Waals surface area (Å²) in [4.78, 5) is 16.6. The fourth-order valence-electron chi connectivity index (χ4n) is 1.91. The molecule has 0 unspecified atom stereocenters. The van der Waals surface area contributed by atoms with Crippen molar-refractivity contribution in [2.45, 2.75) is 19.8 Å². The highest BCUT2D eigenvalue weighted by Crippen LogP contribution is 2.15. The Labute approximate surface area is 137 Å². The summed E-state index contributed by atoms with van der Waals surface area (Å²) in [6.07, 6.45) is 1.76. The highest BCUT2D eigenvalue weighted by Gasteiger charge is 2.10. The highest BCUT2D eigenvalue weighted by atomic mass is 127. The minimum Gasteiger partial charge on any atom is -0.322 e. The van der Waals surface area contributed by atoms with Gasteiger partial charge in [-0.3, -0.25) is 4.79 Å². The van der Waals surface area contributed by atoms with Gasteiger partial charge in [0.25, 0.3) is 5.91 Å². The van der Waals surface area contributed by atoms with Gasteiger partial charge in [0.15, 0.2) is 0 Å². The molecule has 21 heavy (non-hydrogen) atoms. The zero-order valence-electron chi connectivity index (χ0n) is 11.7. The van der Waals surface area contributed by atoms with E-state index < -0.39 is 0 Å². The maximum Gasteiger partial charge on any atom is 0.255 e. The van der Waals surface area contributed by atoms with Gasteiger partial charge in [-0.05, 0) is 65.4 Å². The van der Waals surface area contributed by atoms with Crippen molar-refractivity contribution in [1.29, 1.82) is 0 Å². The number of carbonyl (C=O) groups is 1. The summed E-state index contributed by atoms with van der Waals surface area (Å²) < 4.78 is 1.12. The number of benzene rings is 1. The van der Waals surface area contributed by atoms with Crippen LogP contribution in [0, 0.1) is 3.57 Å². The molecular weight excluding hydrogens is 379 g/mol. The van der Waals surface area contributed by atoms with E-state index in [0.29, 0.717) is 11.4 Å². The van der Waals surface area contributed by atoms with Gasteiger partial charge in [0.05, 0.1) is 0 Å². The van der Waals surface area contributed by atoms with Crippen LogP contribution in [0.2, 0.25) is 0 Å². The van der Waals surface area contributed by atoms with E-state index in [0.717, 1.165) is 27.8 Å². The second-order valence-corrected chi connectivity index (χ2v) is 5.83. The van der Waals surface area contributed by atoms with Crippen molar-refractivity contribution >= 4 is 40.0 Å². The van der Waals surface area contributed by atoms with Crippen LogP contribution in [-0.4, -0.2) is 10.9 Å². The molecule has 0 atom stereocenters. The molecule has 0 fully saturated rings. The molecule has 0 aliphatic carbocycles. The number of hydrogen-bond donors (Lipinski definition) is 3. The Kier molecular flexibility index (Phi) is 5.51. The topological polar surface area (TPSA) is 80.0 Å². The van der Waals surface area contributed by atoms with Gasteiger partial charge in [-0.15, -0.1) is 0 Å². The number of pyridine rings is 1. The summed E-state index contributed by atoms with van der Waals surface area (Å²) in [6.45, 7) is 2.07. The van der Waals surface area contributed by atoms with Crippen LogP contribution >= 0.6 is 22.6 Å². The molecule has 2 rings (SSSR count). The molecule has 1 heterocycles. The molecular formula is C15H17IN4O. The van der Waals surface area contributed by atoms with E-state index in [1.165, 1.54) is 0 Å². The van der Waals surface area contributed by atoms with Crippen LogP contribution in [0.25, 0.3) is 0 Å². The predicted molar refractivity (Wildman–Crippen MR) is 93.2 cm³/mol. The summed E-state index contributed by atoms with van der Waals surface area (Å²) >= 11 is 2.22. The Morgan fingerprint density at radius 1 is 1.29 bits per heavy atom. The number of nitrogens with two attached hydrogens (primary N) is 1. The molecule has 0 bridgehead atoms. The van der Waals surface area contributed by atoms with Gasteiger partial charge in [-0.1, -0.05) is 13.3 Å². The van der Waals surface area contributed by atoms with E-state index >= 15 is 0 Å². The third-order valence-electron chi connectivity index (χ3n) is 2.90. The number of nitrogens with one attached hydrogen (secondary N) is 2. The molecule has 5 nitrogen and oxygen atoms in total. The van der Waals surface area contributed by atoms with Crippen molar-refractivity contribution in [3.05, 3.63) is 51.2 Å². The minimum absolute atomic E-state index is 0.174. The van der Waals surface area contributed by atoms with Crippen LogP contribution in [0.4, 0.5) is 11.5 Å². The number of halogens is 1. The zero-order valence-corrected chi connectivity index (χ0v) is 13.8. The van der Waals surface area contributed by atoms with Gasteiger partial charge in [-0.2, -0.15) is 0 Å². The number of rotatable bonds is 5. The lowest BCUT2D eigenvalue weighted by Gasteiger charge is -2.09. The molecule has 1 amide bonds. The second kappa shape index (κ2) is 7.37. The molecule has 0 saturated heterocycles. The largest absolute Gasteiger partial charge is 0.322 e. The van der Waals surface area contributed by atoms with E-state index in [1.54, 1.807) is 12.1 Å². The maximum absolute atomic E-state index is 12.3. The molecule has 110 valence electrons. The van der Waals surface area contributed by atoms with Gasteiger partial charge in [0, 0.05) is 20.5 Å². The Morgan fingerprint density at radius 2 is 2.00 bits per heavy atom. The average Bonchev–Trinajstić information content (AvgIpc) is 2.49. The van der Waals surface area contributed by atoms with E-state index in [9.17, 15) is 4.79 Å².